The Morgan fingerprint density at radius 2 is 2.21 bits per heavy atom. The van der Waals surface area contributed by atoms with Crippen molar-refractivity contribution in [3.05, 3.63) is 35.5 Å². The maximum atomic E-state index is 13.4. The van der Waals surface area contributed by atoms with Crippen LogP contribution in [0, 0.1) is 12.7 Å². The van der Waals surface area contributed by atoms with Gasteiger partial charge < -0.3 is 15.0 Å². The van der Waals surface area contributed by atoms with Crippen LogP contribution in [0.3, 0.4) is 0 Å². The molecule has 1 atom stereocenters. The molecule has 0 aliphatic carbocycles. The fourth-order valence-corrected chi connectivity index (χ4v) is 1.51. The fourth-order valence-electron chi connectivity index (χ4n) is 1.51. The molecule has 0 saturated carbocycles. The van der Waals surface area contributed by atoms with E-state index in [-0.39, 0.29) is 30.7 Å². The summed E-state index contributed by atoms with van der Waals surface area (Å²) in [6.07, 6.45) is -0.443. The molecule has 1 heterocycles. The molecule has 1 unspecified atom stereocenters. The van der Waals surface area contributed by atoms with Gasteiger partial charge in [0.05, 0.1) is 0 Å². The molecule has 1 aromatic carbocycles. The Kier molecular flexibility index (Phi) is 5.41. The molecular weight excluding hydrogens is 273 g/mol. The molecule has 0 bridgehead atoms. The van der Waals surface area contributed by atoms with Gasteiger partial charge in [-0.05, 0) is 18.6 Å². The monoisotopic (exact) mass is 287 g/mol. The van der Waals surface area contributed by atoms with Gasteiger partial charge in [-0.3, -0.25) is 0 Å². The molecule has 104 valence electrons. The highest BCUT2D eigenvalue weighted by Gasteiger charge is 2.17. The zero-order valence-corrected chi connectivity index (χ0v) is 11.4. The quantitative estimate of drug-likeness (QED) is 0.933. The number of halogens is 2. The predicted molar refractivity (Wildman–Crippen MR) is 70.5 cm³/mol. The van der Waals surface area contributed by atoms with Crippen LogP contribution in [0.25, 0.3) is 11.4 Å². The molecule has 0 saturated heterocycles. The standard InChI is InChI=1S/C12H14FN3O2.ClH/c1-7-3-4-8(5-9(7)13)11-15-12(18-16-11)10(6-14)17-2;/h3-5,10H,6,14H2,1-2H3;1H. The first-order chi connectivity index (χ1) is 8.65. The Labute approximate surface area is 116 Å². The third-order valence-electron chi connectivity index (χ3n) is 2.65. The molecule has 0 aliphatic heterocycles. The number of nitrogens with two attached hydrogens (primary N) is 1. The first kappa shape index (κ1) is 15.6. The summed E-state index contributed by atoms with van der Waals surface area (Å²) in [7, 11) is 1.51. The zero-order chi connectivity index (χ0) is 13.1. The van der Waals surface area contributed by atoms with E-state index in [2.05, 4.69) is 10.1 Å². The minimum Gasteiger partial charge on any atom is -0.370 e. The second kappa shape index (κ2) is 6.60. The molecule has 19 heavy (non-hydrogen) atoms. The number of hydrogen-bond donors (Lipinski definition) is 1. The van der Waals surface area contributed by atoms with Crippen molar-refractivity contribution in [1.29, 1.82) is 0 Å². The minimum absolute atomic E-state index is 0. The van der Waals surface area contributed by atoms with E-state index in [1.54, 1.807) is 19.1 Å². The molecular formula is C12H15ClFN3O2. The predicted octanol–water partition coefficient (Wildman–Crippen LogP) is 2.25. The smallest absolute Gasteiger partial charge is 0.257 e. The summed E-state index contributed by atoms with van der Waals surface area (Å²) in [5, 5.41) is 3.79. The highest BCUT2D eigenvalue weighted by molar-refractivity contribution is 5.85. The third-order valence-corrected chi connectivity index (χ3v) is 2.65. The van der Waals surface area contributed by atoms with E-state index >= 15 is 0 Å². The van der Waals surface area contributed by atoms with Crippen molar-refractivity contribution >= 4 is 12.4 Å². The minimum atomic E-state index is -0.443. The Bertz CT molecular complexity index is 544. The Balaban J connectivity index is 0.00000180. The van der Waals surface area contributed by atoms with Gasteiger partial charge in [0.15, 0.2) is 0 Å². The Morgan fingerprint density at radius 3 is 2.79 bits per heavy atom. The van der Waals surface area contributed by atoms with Crippen molar-refractivity contribution in [2.45, 2.75) is 13.0 Å². The third kappa shape index (κ3) is 3.28. The molecule has 7 heteroatoms. The van der Waals surface area contributed by atoms with Crippen LogP contribution in [0.4, 0.5) is 4.39 Å². The lowest BCUT2D eigenvalue weighted by Crippen LogP contribution is -2.14. The second-order valence-electron chi connectivity index (χ2n) is 3.88. The van der Waals surface area contributed by atoms with Crippen molar-refractivity contribution in [3.8, 4) is 11.4 Å². The van der Waals surface area contributed by atoms with Gasteiger partial charge in [0, 0.05) is 19.2 Å². The molecule has 2 N–H and O–H groups in total. The largest absolute Gasteiger partial charge is 0.370 e. The van der Waals surface area contributed by atoms with Crippen molar-refractivity contribution < 1.29 is 13.7 Å². The van der Waals surface area contributed by atoms with E-state index in [4.69, 9.17) is 15.0 Å². The van der Waals surface area contributed by atoms with E-state index in [0.29, 0.717) is 17.0 Å². The number of hydrogen-bond acceptors (Lipinski definition) is 5. The van der Waals surface area contributed by atoms with Gasteiger partial charge in [0.1, 0.15) is 11.9 Å². The average molecular weight is 288 g/mol. The average Bonchev–Trinajstić information content (AvgIpc) is 2.84. The summed E-state index contributed by atoms with van der Waals surface area (Å²) in [4.78, 5) is 4.14. The van der Waals surface area contributed by atoms with Crippen molar-refractivity contribution in [1.82, 2.24) is 10.1 Å². The van der Waals surface area contributed by atoms with Gasteiger partial charge in [-0.2, -0.15) is 4.98 Å². The lowest BCUT2D eigenvalue weighted by Gasteiger charge is -2.05. The van der Waals surface area contributed by atoms with E-state index in [9.17, 15) is 4.39 Å². The summed E-state index contributed by atoms with van der Waals surface area (Å²) in [6, 6.07) is 4.77. The van der Waals surface area contributed by atoms with Crippen LogP contribution >= 0.6 is 12.4 Å². The lowest BCUT2D eigenvalue weighted by molar-refractivity contribution is 0.0804. The molecule has 0 aliphatic rings. The van der Waals surface area contributed by atoms with E-state index < -0.39 is 6.10 Å². The number of methoxy groups -OCH3 is 1. The number of rotatable bonds is 4. The summed E-state index contributed by atoms with van der Waals surface area (Å²) in [6.45, 7) is 1.93. The first-order valence-electron chi connectivity index (χ1n) is 5.48. The van der Waals surface area contributed by atoms with Crippen molar-refractivity contribution in [2.75, 3.05) is 13.7 Å². The van der Waals surface area contributed by atoms with Gasteiger partial charge >= 0.3 is 0 Å². The number of benzene rings is 1. The van der Waals surface area contributed by atoms with Crippen molar-refractivity contribution in [2.24, 2.45) is 5.73 Å². The van der Waals surface area contributed by atoms with Crippen LogP contribution in [-0.4, -0.2) is 23.8 Å². The van der Waals surface area contributed by atoms with Crippen LogP contribution in [0.15, 0.2) is 22.7 Å². The fraction of sp³-hybridized carbons (Fsp3) is 0.333. The van der Waals surface area contributed by atoms with Crippen LogP contribution in [0.1, 0.15) is 17.6 Å². The molecule has 0 radical (unpaired) electrons. The van der Waals surface area contributed by atoms with Crippen LogP contribution < -0.4 is 5.73 Å². The summed E-state index contributed by atoms with van der Waals surface area (Å²) in [5.74, 6) is 0.302. The first-order valence-corrected chi connectivity index (χ1v) is 5.48. The van der Waals surface area contributed by atoms with Gasteiger partial charge in [-0.25, -0.2) is 4.39 Å². The van der Waals surface area contributed by atoms with Gasteiger partial charge in [-0.1, -0.05) is 17.3 Å². The molecule has 1 aromatic heterocycles. The van der Waals surface area contributed by atoms with E-state index in [1.165, 1.54) is 13.2 Å². The Morgan fingerprint density at radius 1 is 1.47 bits per heavy atom. The molecule has 5 nitrogen and oxygen atoms in total. The molecule has 0 fully saturated rings. The van der Waals surface area contributed by atoms with Crippen LogP contribution in [0.2, 0.25) is 0 Å². The SMILES string of the molecule is COC(CN)c1nc(-c2ccc(C)c(F)c2)no1.Cl. The van der Waals surface area contributed by atoms with Gasteiger partial charge in [-0.15, -0.1) is 12.4 Å². The van der Waals surface area contributed by atoms with E-state index in [1.807, 2.05) is 0 Å². The van der Waals surface area contributed by atoms with Crippen LogP contribution in [0.5, 0.6) is 0 Å². The molecule has 2 aromatic rings. The highest BCUT2D eigenvalue weighted by Crippen LogP contribution is 2.21. The zero-order valence-electron chi connectivity index (χ0n) is 10.6. The second-order valence-corrected chi connectivity index (χ2v) is 3.88. The van der Waals surface area contributed by atoms with Crippen LogP contribution in [-0.2, 0) is 4.74 Å². The normalized spacial score (nSPS) is 12.0. The highest BCUT2D eigenvalue weighted by atomic mass is 35.5. The number of aromatic nitrogens is 2. The molecule has 0 spiro atoms. The number of nitrogens with zero attached hydrogens (tertiary/aromatic N) is 2. The summed E-state index contributed by atoms with van der Waals surface area (Å²) >= 11 is 0. The summed E-state index contributed by atoms with van der Waals surface area (Å²) < 4.78 is 23.6. The molecule has 0 amide bonds. The molecule has 2 rings (SSSR count). The Hall–Kier alpha value is -1.50. The van der Waals surface area contributed by atoms with Gasteiger partial charge in [0.2, 0.25) is 5.82 Å². The number of ether oxygens (including phenoxy) is 1. The maximum absolute atomic E-state index is 13.4. The van der Waals surface area contributed by atoms with Crippen molar-refractivity contribution in [3.63, 3.8) is 0 Å². The summed E-state index contributed by atoms with van der Waals surface area (Å²) in [5.41, 5.74) is 6.62. The topological polar surface area (TPSA) is 74.2 Å². The van der Waals surface area contributed by atoms with Gasteiger partial charge in [0.25, 0.3) is 5.89 Å². The number of aryl methyl sites for hydroxylation is 1. The lowest BCUT2D eigenvalue weighted by atomic mass is 10.1. The van der Waals surface area contributed by atoms with E-state index in [0.717, 1.165) is 0 Å². The maximum Gasteiger partial charge on any atom is 0.257 e.